The largest absolute Gasteiger partial charge is 0.491 e. The topological polar surface area (TPSA) is 85.5 Å². The second kappa shape index (κ2) is 9.34. The van der Waals surface area contributed by atoms with Crippen LogP contribution in [0.5, 0.6) is 5.75 Å². The van der Waals surface area contributed by atoms with E-state index in [-0.39, 0.29) is 13.2 Å². The average molecular weight is 264 g/mol. The molecule has 0 aliphatic heterocycles. The summed E-state index contributed by atoms with van der Waals surface area (Å²) >= 11 is 0. The van der Waals surface area contributed by atoms with E-state index in [1.165, 1.54) is 0 Å². The summed E-state index contributed by atoms with van der Waals surface area (Å²) in [7, 11) is 0. The molecule has 0 heterocycles. The number of ether oxygens (including phenoxy) is 1. The monoisotopic (exact) mass is 264 g/mol. The Kier molecular flexibility index (Phi) is 7.59. The van der Waals surface area contributed by atoms with Crippen LogP contribution in [0.15, 0.2) is 24.3 Å². The maximum atomic E-state index is 9.69. The van der Waals surface area contributed by atoms with Gasteiger partial charge in [0.15, 0.2) is 0 Å². The van der Waals surface area contributed by atoms with Crippen molar-refractivity contribution in [3.05, 3.63) is 29.8 Å². The predicted molar refractivity (Wildman–Crippen MR) is 71.8 cm³/mol. The second-order valence-corrected chi connectivity index (χ2v) is 4.24. The van der Waals surface area contributed by atoms with Gasteiger partial charge < -0.3 is 20.3 Å². The first-order chi connectivity index (χ1) is 9.26. The van der Waals surface area contributed by atoms with E-state index < -0.39 is 6.10 Å². The van der Waals surface area contributed by atoms with Crippen LogP contribution in [0.1, 0.15) is 18.4 Å². The van der Waals surface area contributed by atoms with Crippen molar-refractivity contribution in [3.8, 4) is 11.8 Å². The van der Waals surface area contributed by atoms with E-state index in [0.29, 0.717) is 17.9 Å². The lowest BCUT2D eigenvalue weighted by Gasteiger charge is -2.13. The van der Waals surface area contributed by atoms with Gasteiger partial charge in [0.05, 0.1) is 11.6 Å². The van der Waals surface area contributed by atoms with Gasteiger partial charge in [-0.1, -0.05) is 6.07 Å². The molecule has 0 amide bonds. The zero-order valence-corrected chi connectivity index (χ0v) is 10.9. The Morgan fingerprint density at radius 3 is 2.95 bits per heavy atom. The van der Waals surface area contributed by atoms with Gasteiger partial charge in [-0.2, -0.15) is 5.26 Å². The Morgan fingerprint density at radius 1 is 1.37 bits per heavy atom. The molecule has 5 nitrogen and oxygen atoms in total. The molecule has 3 N–H and O–H groups in total. The minimum atomic E-state index is -0.597. The molecule has 19 heavy (non-hydrogen) atoms. The van der Waals surface area contributed by atoms with Crippen molar-refractivity contribution < 1.29 is 14.9 Å². The highest BCUT2D eigenvalue weighted by Crippen LogP contribution is 2.12. The molecular weight excluding hydrogens is 244 g/mol. The summed E-state index contributed by atoms with van der Waals surface area (Å²) in [4.78, 5) is 0. The zero-order valence-electron chi connectivity index (χ0n) is 10.9. The fourth-order valence-corrected chi connectivity index (χ4v) is 1.54. The van der Waals surface area contributed by atoms with E-state index in [9.17, 15) is 5.11 Å². The van der Waals surface area contributed by atoms with Crippen LogP contribution in [-0.4, -0.2) is 42.6 Å². The zero-order chi connectivity index (χ0) is 13.9. The van der Waals surface area contributed by atoms with Gasteiger partial charge in [0.25, 0.3) is 0 Å². The van der Waals surface area contributed by atoms with Crippen molar-refractivity contribution >= 4 is 0 Å². The molecule has 1 aromatic carbocycles. The Bertz CT molecular complexity index is 404. The molecule has 0 fully saturated rings. The molecular formula is C14H20N2O3. The van der Waals surface area contributed by atoms with Gasteiger partial charge in [0, 0.05) is 13.2 Å². The lowest BCUT2D eigenvalue weighted by Crippen LogP contribution is -2.32. The van der Waals surface area contributed by atoms with Gasteiger partial charge in [-0.3, -0.25) is 0 Å². The highest BCUT2D eigenvalue weighted by molar-refractivity contribution is 5.36. The molecule has 0 aromatic heterocycles. The van der Waals surface area contributed by atoms with Crippen LogP contribution in [0.4, 0.5) is 0 Å². The predicted octanol–water partition coefficient (Wildman–Crippen LogP) is 0.660. The molecule has 104 valence electrons. The number of nitrogens with one attached hydrogen (secondary N) is 1. The molecule has 0 aliphatic rings. The van der Waals surface area contributed by atoms with E-state index in [1.807, 2.05) is 6.07 Å². The fourth-order valence-electron chi connectivity index (χ4n) is 1.54. The number of nitriles is 1. The molecule has 1 unspecified atom stereocenters. The number of aliphatic hydroxyl groups is 2. The van der Waals surface area contributed by atoms with Crippen LogP contribution in [0.2, 0.25) is 0 Å². The highest BCUT2D eigenvalue weighted by atomic mass is 16.5. The molecule has 1 atom stereocenters. The van der Waals surface area contributed by atoms with Crippen LogP contribution in [0.25, 0.3) is 0 Å². The fraction of sp³-hybridized carbons (Fsp3) is 0.500. The molecule has 1 aromatic rings. The van der Waals surface area contributed by atoms with E-state index in [4.69, 9.17) is 15.1 Å². The van der Waals surface area contributed by atoms with Crippen LogP contribution < -0.4 is 10.1 Å². The summed E-state index contributed by atoms with van der Waals surface area (Å²) in [6.45, 7) is 1.59. The minimum absolute atomic E-state index is 0.182. The number of nitrogens with zero attached hydrogens (tertiary/aromatic N) is 1. The van der Waals surface area contributed by atoms with Crippen molar-refractivity contribution in [1.82, 2.24) is 5.32 Å². The van der Waals surface area contributed by atoms with Gasteiger partial charge in [-0.05, 0) is 37.6 Å². The molecule has 0 spiro atoms. The van der Waals surface area contributed by atoms with E-state index in [1.54, 1.807) is 24.3 Å². The SMILES string of the molecule is N#Cc1cccc(OCC(O)CNCCCCO)c1. The molecule has 0 radical (unpaired) electrons. The Hall–Kier alpha value is -1.61. The average Bonchev–Trinajstić information content (AvgIpc) is 2.45. The Labute approximate surface area is 113 Å². The molecule has 1 rings (SSSR count). The van der Waals surface area contributed by atoms with Gasteiger partial charge in [-0.25, -0.2) is 0 Å². The Morgan fingerprint density at radius 2 is 2.21 bits per heavy atom. The van der Waals surface area contributed by atoms with Crippen LogP contribution in [0, 0.1) is 11.3 Å². The number of hydrogen-bond donors (Lipinski definition) is 3. The van der Waals surface area contributed by atoms with Crippen molar-refractivity contribution in [1.29, 1.82) is 5.26 Å². The van der Waals surface area contributed by atoms with E-state index >= 15 is 0 Å². The first-order valence-corrected chi connectivity index (χ1v) is 6.39. The van der Waals surface area contributed by atoms with Crippen molar-refractivity contribution in [3.63, 3.8) is 0 Å². The molecule has 0 saturated heterocycles. The van der Waals surface area contributed by atoms with Crippen molar-refractivity contribution in [2.24, 2.45) is 0 Å². The van der Waals surface area contributed by atoms with Gasteiger partial charge in [0.1, 0.15) is 18.5 Å². The smallest absolute Gasteiger partial charge is 0.120 e. The maximum Gasteiger partial charge on any atom is 0.120 e. The molecule has 5 heteroatoms. The lowest BCUT2D eigenvalue weighted by atomic mass is 10.2. The highest BCUT2D eigenvalue weighted by Gasteiger charge is 2.05. The number of benzene rings is 1. The second-order valence-electron chi connectivity index (χ2n) is 4.24. The van der Waals surface area contributed by atoms with Crippen molar-refractivity contribution in [2.75, 3.05) is 26.3 Å². The normalized spacial score (nSPS) is 11.8. The maximum absolute atomic E-state index is 9.69. The summed E-state index contributed by atoms with van der Waals surface area (Å²) in [5, 5.41) is 30.1. The van der Waals surface area contributed by atoms with Crippen LogP contribution in [-0.2, 0) is 0 Å². The standard InChI is InChI=1S/C14H20N2O3/c15-9-12-4-3-5-14(8-12)19-11-13(18)10-16-6-1-2-7-17/h3-5,8,13,16-18H,1-2,6-7,10-11H2. The first-order valence-electron chi connectivity index (χ1n) is 6.39. The molecule has 0 bridgehead atoms. The molecule has 0 saturated carbocycles. The quantitative estimate of drug-likeness (QED) is 0.570. The summed E-state index contributed by atoms with van der Waals surface area (Å²) < 4.78 is 5.41. The number of unbranched alkanes of at least 4 members (excludes halogenated alkanes) is 1. The van der Waals surface area contributed by atoms with Crippen LogP contribution in [0.3, 0.4) is 0 Å². The summed E-state index contributed by atoms with van der Waals surface area (Å²) in [5.74, 6) is 0.582. The van der Waals surface area contributed by atoms with Gasteiger partial charge in [-0.15, -0.1) is 0 Å². The summed E-state index contributed by atoms with van der Waals surface area (Å²) in [6.07, 6.45) is 1.05. The first kappa shape index (κ1) is 15.4. The van der Waals surface area contributed by atoms with E-state index in [2.05, 4.69) is 5.32 Å². The Balaban J connectivity index is 2.18. The van der Waals surface area contributed by atoms with Crippen LogP contribution >= 0.6 is 0 Å². The summed E-state index contributed by atoms with van der Waals surface area (Å²) in [6, 6.07) is 8.87. The number of aliphatic hydroxyl groups excluding tert-OH is 2. The summed E-state index contributed by atoms with van der Waals surface area (Å²) in [5.41, 5.74) is 0.536. The molecule has 0 aliphatic carbocycles. The number of rotatable bonds is 9. The third kappa shape index (κ3) is 6.77. The van der Waals surface area contributed by atoms with Gasteiger partial charge >= 0.3 is 0 Å². The van der Waals surface area contributed by atoms with Crippen molar-refractivity contribution in [2.45, 2.75) is 18.9 Å². The minimum Gasteiger partial charge on any atom is -0.491 e. The third-order valence-electron chi connectivity index (χ3n) is 2.55. The van der Waals surface area contributed by atoms with E-state index in [0.717, 1.165) is 19.4 Å². The lowest BCUT2D eigenvalue weighted by molar-refractivity contribution is 0.106. The van der Waals surface area contributed by atoms with Gasteiger partial charge in [0.2, 0.25) is 0 Å². The third-order valence-corrected chi connectivity index (χ3v) is 2.55. The number of hydrogen-bond acceptors (Lipinski definition) is 5.